The molecule has 0 fully saturated rings. The smallest absolute Gasteiger partial charge is 0.274 e. The predicted molar refractivity (Wildman–Crippen MR) is 118 cm³/mol. The fourth-order valence-corrected chi connectivity index (χ4v) is 3.91. The third kappa shape index (κ3) is 4.26. The third-order valence-corrected chi connectivity index (χ3v) is 5.58. The molecule has 8 nitrogen and oxygen atoms in total. The second-order valence-electron chi connectivity index (χ2n) is 6.91. The predicted octanol–water partition coefficient (Wildman–Crippen LogP) is 2.48. The average molecular weight is 433 g/mol. The standard InChI is InChI=1S/C22H19N5O3S/c1-14-9-10-23-18(12-14)27-21(30)15-6-3-4-7-16(15)24-22(27)31-13-19(28)25-20(29)17-8-5-11-26(17)2/h3-12H,13H2,1-2H3,(H,25,28,29). The van der Waals surface area contributed by atoms with Crippen molar-refractivity contribution >= 4 is 34.5 Å². The van der Waals surface area contributed by atoms with Gasteiger partial charge in [-0.2, -0.15) is 0 Å². The maximum Gasteiger partial charge on any atom is 0.274 e. The Morgan fingerprint density at radius 3 is 2.68 bits per heavy atom. The molecule has 4 rings (SSSR count). The Morgan fingerprint density at radius 2 is 1.94 bits per heavy atom. The molecule has 3 heterocycles. The molecular weight excluding hydrogens is 414 g/mol. The van der Waals surface area contributed by atoms with Gasteiger partial charge in [-0.3, -0.25) is 19.7 Å². The summed E-state index contributed by atoms with van der Waals surface area (Å²) >= 11 is 1.07. The normalized spacial score (nSPS) is 10.9. The molecule has 1 aromatic carbocycles. The summed E-state index contributed by atoms with van der Waals surface area (Å²) in [6.07, 6.45) is 3.34. The number of hydrogen-bond acceptors (Lipinski definition) is 6. The fraction of sp³-hybridized carbons (Fsp3) is 0.136. The van der Waals surface area contributed by atoms with Gasteiger partial charge in [-0.05, 0) is 48.9 Å². The van der Waals surface area contributed by atoms with Crippen LogP contribution in [0, 0.1) is 6.92 Å². The Bertz CT molecular complexity index is 1360. The highest BCUT2D eigenvalue weighted by Crippen LogP contribution is 2.20. The number of aryl methyl sites for hydroxylation is 2. The Balaban J connectivity index is 1.64. The number of nitrogens with zero attached hydrogens (tertiary/aromatic N) is 4. The van der Waals surface area contributed by atoms with Crippen LogP contribution in [0.2, 0.25) is 0 Å². The lowest BCUT2D eigenvalue weighted by Crippen LogP contribution is -2.33. The molecule has 156 valence electrons. The first-order valence-corrected chi connectivity index (χ1v) is 10.5. The molecule has 4 aromatic rings. The van der Waals surface area contributed by atoms with Crippen LogP contribution in [0.25, 0.3) is 16.7 Å². The van der Waals surface area contributed by atoms with Crippen LogP contribution in [0.3, 0.4) is 0 Å². The molecule has 0 aliphatic rings. The maximum atomic E-state index is 13.2. The van der Waals surface area contributed by atoms with E-state index >= 15 is 0 Å². The summed E-state index contributed by atoms with van der Waals surface area (Å²) in [6.45, 7) is 1.90. The number of carbonyl (C=O) groups is 2. The van der Waals surface area contributed by atoms with E-state index < -0.39 is 11.8 Å². The van der Waals surface area contributed by atoms with Crippen LogP contribution in [0.15, 0.2) is 70.9 Å². The number of thioether (sulfide) groups is 1. The van der Waals surface area contributed by atoms with Crippen LogP contribution in [0.4, 0.5) is 0 Å². The first-order valence-electron chi connectivity index (χ1n) is 9.47. The number of amides is 2. The largest absolute Gasteiger partial charge is 0.347 e. The Morgan fingerprint density at radius 1 is 1.13 bits per heavy atom. The topological polar surface area (TPSA) is 98.9 Å². The fourth-order valence-electron chi connectivity index (χ4n) is 3.11. The maximum absolute atomic E-state index is 13.2. The SMILES string of the molecule is Cc1ccnc(-n2c(SCC(=O)NC(=O)c3cccn3C)nc3ccccc3c2=O)c1. The summed E-state index contributed by atoms with van der Waals surface area (Å²) in [5, 5.41) is 3.14. The minimum Gasteiger partial charge on any atom is -0.347 e. The lowest BCUT2D eigenvalue weighted by Gasteiger charge is -2.12. The Hall–Kier alpha value is -3.72. The van der Waals surface area contributed by atoms with Gasteiger partial charge in [0.15, 0.2) is 5.16 Å². The lowest BCUT2D eigenvalue weighted by atomic mass is 10.2. The zero-order valence-corrected chi connectivity index (χ0v) is 17.7. The Kier molecular flexibility index (Phi) is 5.68. The van der Waals surface area contributed by atoms with Crippen molar-refractivity contribution in [3.05, 3.63) is 82.5 Å². The highest BCUT2D eigenvalue weighted by molar-refractivity contribution is 7.99. The number of aromatic nitrogens is 4. The van der Waals surface area contributed by atoms with Crippen LogP contribution >= 0.6 is 11.8 Å². The van der Waals surface area contributed by atoms with Crippen molar-refractivity contribution in [2.24, 2.45) is 7.05 Å². The molecule has 0 aliphatic heterocycles. The molecule has 0 atom stereocenters. The van der Waals surface area contributed by atoms with E-state index in [1.165, 1.54) is 4.57 Å². The first-order chi connectivity index (χ1) is 14.9. The highest BCUT2D eigenvalue weighted by Gasteiger charge is 2.17. The minimum atomic E-state index is -0.484. The molecule has 9 heteroatoms. The van der Waals surface area contributed by atoms with Crippen molar-refractivity contribution < 1.29 is 9.59 Å². The molecule has 0 saturated heterocycles. The zero-order valence-electron chi connectivity index (χ0n) is 16.9. The van der Waals surface area contributed by atoms with Crippen LogP contribution in [-0.4, -0.2) is 36.7 Å². The van der Waals surface area contributed by atoms with Crippen molar-refractivity contribution in [3.8, 4) is 5.82 Å². The molecule has 0 bridgehead atoms. The van der Waals surface area contributed by atoms with Crippen LogP contribution in [-0.2, 0) is 11.8 Å². The second-order valence-corrected chi connectivity index (χ2v) is 7.86. The summed E-state index contributed by atoms with van der Waals surface area (Å²) < 4.78 is 3.02. The summed E-state index contributed by atoms with van der Waals surface area (Å²) in [7, 11) is 1.72. The van der Waals surface area contributed by atoms with Gasteiger partial charge >= 0.3 is 0 Å². The molecule has 0 aliphatic carbocycles. The van der Waals surface area contributed by atoms with Crippen molar-refractivity contribution in [1.29, 1.82) is 0 Å². The third-order valence-electron chi connectivity index (χ3n) is 4.64. The van der Waals surface area contributed by atoms with Crippen molar-refractivity contribution in [2.45, 2.75) is 12.1 Å². The molecule has 0 radical (unpaired) electrons. The van der Waals surface area contributed by atoms with Gasteiger partial charge in [0.25, 0.3) is 11.5 Å². The number of hydrogen-bond donors (Lipinski definition) is 1. The molecule has 3 aromatic heterocycles. The molecule has 0 unspecified atom stereocenters. The summed E-state index contributed by atoms with van der Waals surface area (Å²) in [4.78, 5) is 46.7. The van der Waals surface area contributed by atoms with Crippen LogP contribution < -0.4 is 10.9 Å². The lowest BCUT2D eigenvalue weighted by molar-refractivity contribution is -0.117. The summed E-state index contributed by atoms with van der Waals surface area (Å²) in [5.74, 6) is -0.636. The molecule has 0 spiro atoms. The van der Waals surface area contributed by atoms with E-state index in [-0.39, 0.29) is 11.3 Å². The first kappa shape index (κ1) is 20.5. The van der Waals surface area contributed by atoms with E-state index in [9.17, 15) is 14.4 Å². The molecule has 2 amide bonds. The van der Waals surface area contributed by atoms with Crippen LogP contribution in [0.5, 0.6) is 0 Å². The number of nitrogens with one attached hydrogen (secondary N) is 1. The van der Waals surface area contributed by atoms with E-state index in [0.29, 0.717) is 27.6 Å². The highest BCUT2D eigenvalue weighted by atomic mass is 32.2. The molecule has 1 N–H and O–H groups in total. The van der Waals surface area contributed by atoms with E-state index in [0.717, 1.165) is 17.3 Å². The quantitative estimate of drug-likeness (QED) is 0.384. The van der Waals surface area contributed by atoms with E-state index in [2.05, 4.69) is 15.3 Å². The zero-order chi connectivity index (χ0) is 22.0. The average Bonchev–Trinajstić information content (AvgIpc) is 3.18. The number of imide groups is 1. The number of para-hydroxylation sites is 1. The number of pyridine rings is 1. The van der Waals surface area contributed by atoms with Gasteiger partial charge < -0.3 is 4.57 Å². The van der Waals surface area contributed by atoms with E-state index in [1.54, 1.807) is 66.5 Å². The van der Waals surface area contributed by atoms with Gasteiger partial charge in [-0.15, -0.1) is 0 Å². The van der Waals surface area contributed by atoms with Gasteiger partial charge in [0.1, 0.15) is 11.5 Å². The van der Waals surface area contributed by atoms with E-state index in [1.807, 2.05) is 13.0 Å². The van der Waals surface area contributed by atoms with E-state index in [4.69, 9.17) is 0 Å². The second kappa shape index (κ2) is 8.57. The van der Waals surface area contributed by atoms with Crippen molar-refractivity contribution in [1.82, 2.24) is 24.4 Å². The Labute approximate surface area is 181 Å². The molecular formula is C22H19N5O3S. The minimum absolute atomic E-state index is 0.0905. The number of fused-ring (bicyclic) bond motifs is 1. The van der Waals surface area contributed by atoms with Gasteiger partial charge in [0.05, 0.1) is 16.7 Å². The number of carbonyl (C=O) groups excluding carboxylic acids is 2. The summed E-state index contributed by atoms with van der Waals surface area (Å²) in [5.41, 5.74) is 1.57. The molecule has 0 saturated carbocycles. The monoisotopic (exact) mass is 433 g/mol. The summed E-state index contributed by atoms with van der Waals surface area (Å²) in [6, 6.07) is 14.0. The molecule has 31 heavy (non-hydrogen) atoms. The van der Waals surface area contributed by atoms with Gasteiger partial charge in [-0.25, -0.2) is 14.5 Å². The number of rotatable bonds is 5. The van der Waals surface area contributed by atoms with Crippen molar-refractivity contribution in [3.63, 3.8) is 0 Å². The van der Waals surface area contributed by atoms with Gasteiger partial charge in [0, 0.05) is 19.4 Å². The van der Waals surface area contributed by atoms with Gasteiger partial charge in [-0.1, -0.05) is 23.9 Å². The number of benzene rings is 1. The van der Waals surface area contributed by atoms with Gasteiger partial charge in [0.2, 0.25) is 5.91 Å². The van der Waals surface area contributed by atoms with Crippen LogP contribution in [0.1, 0.15) is 16.1 Å². The van der Waals surface area contributed by atoms with Crippen molar-refractivity contribution in [2.75, 3.05) is 5.75 Å².